The molecule has 2 heterocycles. The molecular weight excluding hydrogens is 316 g/mol. The van der Waals surface area contributed by atoms with Gasteiger partial charge in [-0.2, -0.15) is 0 Å². The van der Waals surface area contributed by atoms with E-state index < -0.39 is 0 Å². The smallest absolute Gasteiger partial charge is 0.319 e. The summed E-state index contributed by atoms with van der Waals surface area (Å²) >= 11 is 3.94. The zero-order valence-corrected chi connectivity index (χ0v) is 14.4. The maximum absolute atomic E-state index is 12.2. The van der Waals surface area contributed by atoms with Crippen LogP contribution in [0.2, 0.25) is 0 Å². The number of nitrogens with one attached hydrogen (secondary N) is 4. The number of urea groups is 1. The van der Waals surface area contributed by atoms with Crippen molar-refractivity contribution >= 4 is 35.2 Å². The van der Waals surface area contributed by atoms with E-state index in [-0.39, 0.29) is 24.2 Å². The van der Waals surface area contributed by atoms with Crippen LogP contribution in [0.25, 0.3) is 0 Å². The zero-order chi connectivity index (χ0) is 15.5. The predicted molar refractivity (Wildman–Crippen MR) is 95.2 cm³/mol. The van der Waals surface area contributed by atoms with E-state index in [1.54, 1.807) is 0 Å². The Kier molecular flexibility index (Phi) is 5.18. The number of hydrazine groups is 1. The molecule has 0 aromatic heterocycles. The highest BCUT2D eigenvalue weighted by atomic mass is 32.2. The molecule has 0 saturated carbocycles. The topological polar surface area (TPSA) is 65.2 Å². The highest BCUT2D eigenvalue weighted by molar-refractivity contribution is 8.19. The normalized spacial score (nSPS) is 28.7. The number of carbonyl (C=O) groups excluding carboxylic acids is 1. The van der Waals surface area contributed by atoms with E-state index in [9.17, 15) is 4.79 Å². The second-order valence-electron chi connectivity index (χ2n) is 5.69. The predicted octanol–water partition coefficient (Wildman–Crippen LogP) is 2.54. The Morgan fingerprint density at radius 2 is 1.86 bits per heavy atom. The fraction of sp³-hybridized carbons (Fsp3) is 0.533. The van der Waals surface area contributed by atoms with Gasteiger partial charge >= 0.3 is 6.03 Å². The van der Waals surface area contributed by atoms with Crippen molar-refractivity contribution in [2.24, 2.45) is 0 Å². The summed E-state index contributed by atoms with van der Waals surface area (Å²) in [6.07, 6.45) is 0. The van der Waals surface area contributed by atoms with Crippen LogP contribution in [0.15, 0.2) is 24.3 Å². The van der Waals surface area contributed by atoms with Gasteiger partial charge < -0.3 is 10.6 Å². The maximum atomic E-state index is 12.2. The number of carbonyl (C=O) groups is 1. The zero-order valence-electron chi connectivity index (χ0n) is 12.8. The van der Waals surface area contributed by atoms with Gasteiger partial charge in [-0.15, -0.1) is 23.5 Å². The summed E-state index contributed by atoms with van der Waals surface area (Å²) in [5.41, 5.74) is 8.40. The number of hydrogen-bond donors (Lipinski definition) is 4. The van der Waals surface area contributed by atoms with Crippen molar-refractivity contribution in [3.63, 3.8) is 0 Å². The van der Waals surface area contributed by atoms with E-state index in [0.717, 1.165) is 5.69 Å². The molecule has 4 N–H and O–H groups in total. The summed E-state index contributed by atoms with van der Waals surface area (Å²) in [6, 6.07) is 8.49. The average Bonchev–Trinajstić information content (AvgIpc) is 3.13. The van der Waals surface area contributed by atoms with Crippen LogP contribution in [0.3, 0.4) is 0 Å². The van der Waals surface area contributed by atoms with Crippen molar-refractivity contribution < 1.29 is 4.79 Å². The first-order chi connectivity index (χ1) is 10.6. The van der Waals surface area contributed by atoms with Gasteiger partial charge in [0.25, 0.3) is 0 Å². The molecule has 2 saturated heterocycles. The molecular formula is C15H22N4OS2. The van der Waals surface area contributed by atoms with Gasteiger partial charge in [-0.25, -0.2) is 4.79 Å². The van der Waals surface area contributed by atoms with Crippen LogP contribution in [0, 0.1) is 0 Å². The lowest BCUT2D eigenvalue weighted by Crippen LogP contribution is -2.47. The highest BCUT2D eigenvalue weighted by Gasteiger charge is 2.30. The Morgan fingerprint density at radius 1 is 1.18 bits per heavy atom. The Labute approximate surface area is 139 Å². The summed E-state index contributed by atoms with van der Waals surface area (Å²) in [7, 11) is 0. The van der Waals surface area contributed by atoms with E-state index in [2.05, 4.69) is 47.5 Å². The van der Waals surface area contributed by atoms with Crippen molar-refractivity contribution in [1.82, 2.24) is 16.2 Å². The Morgan fingerprint density at radius 3 is 2.55 bits per heavy atom. The van der Waals surface area contributed by atoms with Crippen LogP contribution < -0.4 is 21.5 Å². The van der Waals surface area contributed by atoms with Crippen LogP contribution in [0.5, 0.6) is 0 Å². The van der Waals surface area contributed by atoms with Gasteiger partial charge in [0.15, 0.2) is 0 Å². The monoisotopic (exact) mass is 338 g/mol. The molecule has 22 heavy (non-hydrogen) atoms. The molecule has 2 amide bonds. The summed E-state index contributed by atoms with van der Waals surface area (Å²) in [4.78, 5) is 12.2. The molecule has 1 aromatic carbocycles. The van der Waals surface area contributed by atoms with Gasteiger partial charge in [0.1, 0.15) is 0 Å². The van der Waals surface area contributed by atoms with Gasteiger partial charge in [0.05, 0.1) is 10.6 Å². The van der Waals surface area contributed by atoms with Gasteiger partial charge in [0.2, 0.25) is 0 Å². The van der Waals surface area contributed by atoms with Crippen molar-refractivity contribution in [3.8, 4) is 0 Å². The summed E-state index contributed by atoms with van der Waals surface area (Å²) in [5.74, 6) is 2.40. The molecule has 2 aliphatic heterocycles. The minimum atomic E-state index is -0.155. The van der Waals surface area contributed by atoms with Gasteiger partial charge in [0, 0.05) is 29.3 Å². The molecule has 7 heteroatoms. The quantitative estimate of drug-likeness (QED) is 0.682. The molecule has 5 nitrogen and oxygen atoms in total. The average molecular weight is 339 g/mol. The molecule has 0 radical (unpaired) electrons. The van der Waals surface area contributed by atoms with Crippen LogP contribution in [0.1, 0.15) is 24.0 Å². The van der Waals surface area contributed by atoms with E-state index in [0.29, 0.717) is 4.58 Å². The lowest BCUT2D eigenvalue weighted by molar-refractivity contribution is 0.246. The third-order valence-corrected chi connectivity index (χ3v) is 7.06. The summed E-state index contributed by atoms with van der Waals surface area (Å²) < 4.78 is 0.494. The van der Waals surface area contributed by atoms with E-state index in [4.69, 9.17) is 0 Å². The van der Waals surface area contributed by atoms with Crippen molar-refractivity contribution in [2.75, 3.05) is 16.8 Å². The first-order valence-electron chi connectivity index (χ1n) is 7.55. The minimum absolute atomic E-state index is 0.0733. The molecule has 0 aliphatic carbocycles. The van der Waals surface area contributed by atoms with Crippen LogP contribution in [0.4, 0.5) is 10.5 Å². The summed E-state index contributed by atoms with van der Waals surface area (Å²) in [5, 5.41) is 5.98. The lowest BCUT2D eigenvalue weighted by Gasteiger charge is -2.20. The number of hydrogen-bond acceptors (Lipinski definition) is 5. The summed E-state index contributed by atoms with van der Waals surface area (Å²) in [6.45, 7) is 4.10. The Hall–Kier alpha value is -0.890. The standard InChI is InChI=1S/C15H22N4OS2/c1-9-13(10(2)19-18-9)17-15(20)16-12-5-3-4-11(8-12)14-21-6-7-22-14/h3-5,8-10,13-14,18-19H,6-7H2,1-2H3,(H2,16,17,20). The van der Waals surface area contributed by atoms with Crippen LogP contribution in [-0.2, 0) is 0 Å². The second-order valence-corrected chi connectivity index (χ2v) is 8.41. The second kappa shape index (κ2) is 7.12. The largest absolute Gasteiger partial charge is 0.332 e. The molecule has 2 aliphatic rings. The number of rotatable bonds is 3. The fourth-order valence-corrected chi connectivity index (χ4v) is 5.60. The van der Waals surface area contributed by atoms with Gasteiger partial charge in [-0.3, -0.25) is 10.9 Å². The van der Waals surface area contributed by atoms with Crippen molar-refractivity contribution in [1.29, 1.82) is 0 Å². The Balaban J connectivity index is 1.60. The molecule has 120 valence electrons. The van der Waals surface area contributed by atoms with Gasteiger partial charge in [-0.05, 0) is 31.5 Å². The van der Waals surface area contributed by atoms with Crippen LogP contribution in [-0.4, -0.2) is 35.7 Å². The number of thioether (sulfide) groups is 2. The highest BCUT2D eigenvalue weighted by Crippen LogP contribution is 2.45. The van der Waals surface area contributed by atoms with Gasteiger partial charge in [-0.1, -0.05) is 12.1 Å². The maximum Gasteiger partial charge on any atom is 0.319 e. The molecule has 3 rings (SSSR count). The van der Waals surface area contributed by atoms with Crippen molar-refractivity contribution in [3.05, 3.63) is 29.8 Å². The molecule has 1 aromatic rings. The molecule has 0 spiro atoms. The fourth-order valence-electron chi connectivity index (χ4n) is 2.76. The first kappa shape index (κ1) is 16.0. The molecule has 0 bridgehead atoms. The van der Waals surface area contributed by atoms with E-state index >= 15 is 0 Å². The van der Waals surface area contributed by atoms with Crippen LogP contribution >= 0.6 is 23.5 Å². The molecule has 2 atom stereocenters. The number of anilines is 1. The third kappa shape index (κ3) is 3.71. The first-order valence-corrected chi connectivity index (χ1v) is 9.65. The number of benzene rings is 1. The van der Waals surface area contributed by atoms with E-state index in [1.807, 2.05) is 35.7 Å². The molecule has 2 unspecified atom stereocenters. The van der Waals surface area contributed by atoms with Crippen molar-refractivity contribution in [2.45, 2.75) is 36.6 Å². The molecule has 2 fully saturated rings. The minimum Gasteiger partial charge on any atom is -0.332 e. The Bertz CT molecular complexity index is 526. The van der Waals surface area contributed by atoms with E-state index in [1.165, 1.54) is 17.1 Å². The SMILES string of the molecule is CC1NNC(C)C1NC(=O)Nc1cccc(C2SCCS2)c1. The third-order valence-electron chi connectivity index (χ3n) is 3.95. The lowest BCUT2D eigenvalue weighted by atomic mass is 10.1. The number of amides is 2.